The first-order chi connectivity index (χ1) is 8.19. The van der Waals surface area contributed by atoms with Crippen molar-refractivity contribution in [1.29, 1.82) is 0 Å². The molecule has 1 atom stereocenters. The van der Waals surface area contributed by atoms with E-state index in [1.807, 2.05) is 6.92 Å². The van der Waals surface area contributed by atoms with Gasteiger partial charge in [-0.05, 0) is 25.2 Å². The van der Waals surface area contributed by atoms with E-state index in [9.17, 15) is 4.79 Å². The Morgan fingerprint density at radius 2 is 2.29 bits per heavy atom. The summed E-state index contributed by atoms with van der Waals surface area (Å²) < 4.78 is 10.7. The number of hydrogen-bond acceptors (Lipinski definition) is 4. The molecule has 0 aromatic carbocycles. The summed E-state index contributed by atoms with van der Waals surface area (Å²) in [5, 5.41) is 0. The molecule has 0 spiro atoms. The second-order valence-corrected chi connectivity index (χ2v) is 4.66. The quantitative estimate of drug-likeness (QED) is 0.824. The summed E-state index contributed by atoms with van der Waals surface area (Å²) in [7, 11) is 0. The molecule has 0 amide bonds. The van der Waals surface area contributed by atoms with E-state index in [0.29, 0.717) is 24.0 Å². The lowest BCUT2D eigenvalue weighted by atomic mass is 10.1. The van der Waals surface area contributed by atoms with Crippen LogP contribution in [0.5, 0.6) is 5.75 Å². The molecule has 0 radical (unpaired) electrons. The molecular formula is C13H19NO3. The fourth-order valence-corrected chi connectivity index (χ4v) is 1.69. The molecule has 0 saturated heterocycles. The summed E-state index contributed by atoms with van der Waals surface area (Å²) >= 11 is 0. The van der Waals surface area contributed by atoms with Gasteiger partial charge in [0.1, 0.15) is 11.5 Å². The van der Waals surface area contributed by atoms with Gasteiger partial charge < -0.3 is 14.9 Å². The van der Waals surface area contributed by atoms with Crippen molar-refractivity contribution in [3.05, 3.63) is 28.3 Å². The highest BCUT2D eigenvalue weighted by Crippen LogP contribution is 2.29. The van der Waals surface area contributed by atoms with Crippen LogP contribution in [-0.2, 0) is 0 Å². The maximum atomic E-state index is 11.4. The fraction of sp³-hybridized carbons (Fsp3) is 0.615. The molecule has 1 aliphatic rings. The van der Waals surface area contributed by atoms with Gasteiger partial charge in [0.2, 0.25) is 0 Å². The van der Waals surface area contributed by atoms with Crippen molar-refractivity contribution in [3.63, 3.8) is 0 Å². The third-order valence-corrected chi connectivity index (χ3v) is 2.91. The molecule has 94 valence electrons. The molecule has 1 fully saturated rings. The molecular weight excluding hydrogens is 218 g/mol. The second kappa shape index (κ2) is 5.36. The molecule has 1 aliphatic carbocycles. The van der Waals surface area contributed by atoms with Crippen molar-refractivity contribution in [2.75, 3.05) is 6.61 Å². The van der Waals surface area contributed by atoms with Crippen LogP contribution < -0.4 is 16.1 Å². The van der Waals surface area contributed by atoms with Crippen LogP contribution in [0.2, 0.25) is 0 Å². The SMILES string of the molecule is CCCC(N)c1cc(OCC2CC2)cc(=O)o1. The minimum Gasteiger partial charge on any atom is -0.493 e. The monoisotopic (exact) mass is 237 g/mol. The lowest BCUT2D eigenvalue weighted by Crippen LogP contribution is -2.13. The molecule has 0 bridgehead atoms. The first-order valence-electron chi connectivity index (χ1n) is 6.22. The van der Waals surface area contributed by atoms with Crippen molar-refractivity contribution >= 4 is 0 Å². The highest BCUT2D eigenvalue weighted by atomic mass is 16.5. The van der Waals surface area contributed by atoms with Gasteiger partial charge in [0.15, 0.2) is 0 Å². The summed E-state index contributed by atoms with van der Waals surface area (Å²) in [5.41, 5.74) is 5.53. The van der Waals surface area contributed by atoms with Crippen molar-refractivity contribution in [2.24, 2.45) is 11.7 Å². The Hall–Kier alpha value is -1.29. The molecule has 4 heteroatoms. The molecule has 1 heterocycles. The first kappa shape index (κ1) is 12.2. The minimum absolute atomic E-state index is 0.225. The lowest BCUT2D eigenvalue weighted by molar-refractivity contribution is 0.292. The van der Waals surface area contributed by atoms with Crippen LogP contribution in [0.15, 0.2) is 21.3 Å². The van der Waals surface area contributed by atoms with Gasteiger partial charge in [-0.25, -0.2) is 4.79 Å². The summed E-state index contributed by atoms with van der Waals surface area (Å²) in [6, 6.07) is 2.89. The molecule has 4 nitrogen and oxygen atoms in total. The smallest absolute Gasteiger partial charge is 0.339 e. The summed E-state index contributed by atoms with van der Waals surface area (Å²) in [6.45, 7) is 2.73. The van der Waals surface area contributed by atoms with Gasteiger partial charge >= 0.3 is 5.63 Å². The van der Waals surface area contributed by atoms with Crippen LogP contribution >= 0.6 is 0 Å². The maximum Gasteiger partial charge on any atom is 0.339 e. The van der Waals surface area contributed by atoms with Gasteiger partial charge in [0, 0.05) is 6.07 Å². The average Bonchev–Trinajstić information content (AvgIpc) is 3.10. The minimum atomic E-state index is -0.389. The maximum absolute atomic E-state index is 11.4. The van der Waals surface area contributed by atoms with Gasteiger partial charge in [0.05, 0.1) is 18.7 Å². The number of hydrogen-bond donors (Lipinski definition) is 1. The Bertz CT molecular complexity index is 423. The Labute approximate surface area is 101 Å². The van der Waals surface area contributed by atoms with E-state index in [1.165, 1.54) is 18.9 Å². The van der Waals surface area contributed by atoms with E-state index in [4.69, 9.17) is 14.9 Å². The van der Waals surface area contributed by atoms with E-state index >= 15 is 0 Å². The Morgan fingerprint density at radius 1 is 1.53 bits per heavy atom. The van der Waals surface area contributed by atoms with E-state index in [1.54, 1.807) is 6.07 Å². The molecule has 1 aromatic rings. The van der Waals surface area contributed by atoms with Crippen LogP contribution in [0.1, 0.15) is 44.4 Å². The van der Waals surface area contributed by atoms with E-state index in [-0.39, 0.29) is 11.7 Å². The average molecular weight is 237 g/mol. The number of rotatable bonds is 6. The second-order valence-electron chi connectivity index (χ2n) is 4.66. The summed E-state index contributed by atoms with van der Waals surface area (Å²) in [5.74, 6) is 1.76. The van der Waals surface area contributed by atoms with E-state index in [2.05, 4.69) is 0 Å². The summed E-state index contributed by atoms with van der Waals surface area (Å²) in [4.78, 5) is 11.4. The van der Waals surface area contributed by atoms with Crippen molar-refractivity contribution in [1.82, 2.24) is 0 Å². The number of ether oxygens (including phenoxy) is 1. The van der Waals surface area contributed by atoms with Crippen LogP contribution in [-0.4, -0.2) is 6.61 Å². The van der Waals surface area contributed by atoms with Crippen molar-refractivity contribution in [3.8, 4) is 5.75 Å². The normalized spacial score (nSPS) is 16.8. The van der Waals surface area contributed by atoms with E-state index in [0.717, 1.165) is 12.8 Å². The Kier molecular flexibility index (Phi) is 3.84. The molecule has 2 rings (SSSR count). The highest BCUT2D eigenvalue weighted by molar-refractivity contribution is 5.22. The zero-order valence-electron chi connectivity index (χ0n) is 10.1. The van der Waals surface area contributed by atoms with Gasteiger partial charge in [-0.3, -0.25) is 0 Å². The number of nitrogens with two attached hydrogens (primary N) is 1. The Balaban J connectivity index is 2.07. The predicted molar refractivity (Wildman–Crippen MR) is 65.0 cm³/mol. The van der Waals surface area contributed by atoms with Gasteiger partial charge in [0.25, 0.3) is 0 Å². The van der Waals surface area contributed by atoms with Gasteiger partial charge in [-0.15, -0.1) is 0 Å². The topological polar surface area (TPSA) is 65.5 Å². The van der Waals surface area contributed by atoms with Crippen LogP contribution in [0, 0.1) is 5.92 Å². The Morgan fingerprint density at radius 3 is 2.94 bits per heavy atom. The largest absolute Gasteiger partial charge is 0.493 e. The van der Waals surface area contributed by atoms with Crippen LogP contribution in [0.25, 0.3) is 0 Å². The third-order valence-electron chi connectivity index (χ3n) is 2.91. The third kappa shape index (κ3) is 3.60. The molecule has 17 heavy (non-hydrogen) atoms. The predicted octanol–water partition coefficient (Wildman–Crippen LogP) is 2.23. The van der Waals surface area contributed by atoms with Gasteiger partial charge in [-0.1, -0.05) is 13.3 Å². The van der Waals surface area contributed by atoms with Crippen LogP contribution in [0.4, 0.5) is 0 Å². The molecule has 1 aromatic heterocycles. The summed E-state index contributed by atoms with van der Waals surface area (Å²) in [6.07, 6.45) is 4.21. The lowest BCUT2D eigenvalue weighted by Gasteiger charge is -2.10. The first-order valence-corrected chi connectivity index (χ1v) is 6.22. The van der Waals surface area contributed by atoms with E-state index < -0.39 is 0 Å². The fourth-order valence-electron chi connectivity index (χ4n) is 1.69. The van der Waals surface area contributed by atoms with Crippen molar-refractivity contribution in [2.45, 2.75) is 38.6 Å². The molecule has 1 saturated carbocycles. The van der Waals surface area contributed by atoms with Crippen molar-refractivity contribution < 1.29 is 9.15 Å². The molecule has 0 aliphatic heterocycles. The van der Waals surface area contributed by atoms with Crippen LogP contribution in [0.3, 0.4) is 0 Å². The molecule has 1 unspecified atom stereocenters. The zero-order valence-corrected chi connectivity index (χ0v) is 10.1. The highest BCUT2D eigenvalue weighted by Gasteiger charge is 2.22. The van der Waals surface area contributed by atoms with Gasteiger partial charge in [-0.2, -0.15) is 0 Å². The zero-order chi connectivity index (χ0) is 12.3. The molecule has 2 N–H and O–H groups in total. The standard InChI is InChI=1S/C13H19NO3/c1-2-3-11(14)12-6-10(7-13(15)17-12)16-8-9-4-5-9/h6-7,9,11H,2-5,8,14H2,1H3.